The number of fused-ring (bicyclic) bond motifs is 1. The first kappa shape index (κ1) is 14.9. The van der Waals surface area contributed by atoms with Crippen molar-refractivity contribution in [1.82, 2.24) is 9.55 Å². The number of rotatable bonds is 4. The lowest BCUT2D eigenvalue weighted by Crippen LogP contribution is -2.23. The minimum absolute atomic E-state index is 0.0442. The normalized spacial score (nSPS) is 12.7. The molecule has 114 valence electrons. The van der Waals surface area contributed by atoms with Crippen LogP contribution in [0.5, 0.6) is 0 Å². The van der Waals surface area contributed by atoms with E-state index >= 15 is 0 Å². The molecular weight excluding hydrogens is 303 g/mol. The molecule has 0 saturated carbocycles. The van der Waals surface area contributed by atoms with Crippen LogP contribution >= 0.6 is 11.3 Å². The summed E-state index contributed by atoms with van der Waals surface area (Å²) in [6.07, 6.45) is 1.33. The Morgan fingerprint density at radius 2 is 2.23 bits per heavy atom. The van der Waals surface area contributed by atoms with Gasteiger partial charge in [0.1, 0.15) is 10.6 Å². The molecule has 2 aromatic heterocycles. The molecule has 0 saturated heterocycles. The molecule has 0 bridgehead atoms. The van der Waals surface area contributed by atoms with Crippen LogP contribution in [0.2, 0.25) is 0 Å². The monoisotopic (exact) mass is 318 g/mol. The second-order valence-electron chi connectivity index (χ2n) is 5.06. The third-order valence-electron chi connectivity index (χ3n) is 3.52. The van der Waals surface area contributed by atoms with Gasteiger partial charge in [0.15, 0.2) is 0 Å². The number of aromatic nitrogens is 2. The zero-order chi connectivity index (χ0) is 15.7. The summed E-state index contributed by atoms with van der Waals surface area (Å²) < 4.78 is 14.6. The first-order chi connectivity index (χ1) is 10.6. The molecule has 22 heavy (non-hydrogen) atoms. The molecule has 0 radical (unpaired) electrons. The van der Waals surface area contributed by atoms with Gasteiger partial charge >= 0.3 is 0 Å². The summed E-state index contributed by atoms with van der Waals surface area (Å²) in [7, 11) is 0. The number of halogens is 1. The molecule has 1 atom stereocenters. The van der Waals surface area contributed by atoms with Crippen LogP contribution < -0.4 is 5.56 Å². The van der Waals surface area contributed by atoms with Crippen molar-refractivity contribution in [2.75, 3.05) is 0 Å². The largest absolute Gasteiger partial charge is 0.387 e. The van der Waals surface area contributed by atoms with Crippen molar-refractivity contribution in [2.24, 2.45) is 0 Å². The van der Waals surface area contributed by atoms with Gasteiger partial charge in [0, 0.05) is 4.88 Å². The Balaban J connectivity index is 1.93. The lowest BCUT2D eigenvalue weighted by molar-refractivity contribution is 0.154. The topological polar surface area (TPSA) is 55.1 Å². The van der Waals surface area contributed by atoms with Gasteiger partial charge in [0.05, 0.1) is 24.4 Å². The third-order valence-corrected chi connectivity index (χ3v) is 4.71. The third kappa shape index (κ3) is 2.80. The number of aliphatic hydroxyl groups excluding tert-OH is 1. The van der Waals surface area contributed by atoms with E-state index in [1.165, 1.54) is 40.4 Å². The molecule has 0 spiro atoms. The number of thiophene rings is 1. The molecule has 4 nitrogen and oxygen atoms in total. The zero-order valence-electron chi connectivity index (χ0n) is 12.0. The highest BCUT2D eigenvalue weighted by atomic mass is 32.1. The Hall–Kier alpha value is -2.05. The standard InChI is InChI=1S/C16H15FN2O2S/c1-2-12-7-13-15(22-12)18-9-19(16(13)21)8-14(20)10-4-3-5-11(17)6-10/h3-7,9,14,20H,2,8H2,1H3. The second kappa shape index (κ2) is 5.98. The summed E-state index contributed by atoms with van der Waals surface area (Å²) in [5.41, 5.74) is 0.253. The van der Waals surface area contributed by atoms with E-state index in [1.807, 2.05) is 13.0 Å². The highest BCUT2D eigenvalue weighted by Gasteiger charge is 2.13. The van der Waals surface area contributed by atoms with Gasteiger partial charge in [-0.15, -0.1) is 11.3 Å². The SMILES string of the molecule is CCc1cc2c(=O)n(CC(O)c3cccc(F)c3)cnc2s1. The van der Waals surface area contributed by atoms with Crippen LogP contribution in [0, 0.1) is 5.82 Å². The maximum absolute atomic E-state index is 13.2. The average molecular weight is 318 g/mol. The van der Waals surface area contributed by atoms with Crippen molar-refractivity contribution in [1.29, 1.82) is 0 Å². The summed E-state index contributed by atoms with van der Waals surface area (Å²) in [6, 6.07) is 7.59. The van der Waals surface area contributed by atoms with Crippen LogP contribution in [0.15, 0.2) is 41.5 Å². The van der Waals surface area contributed by atoms with E-state index in [-0.39, 0.29) is 12.1 Å². The number of aryl methyl sites for hydroxylation is 1. The molecule has 6 heteroatoms. The minimum atomic E-state index is -0.961. The minimum Gasteiger partial charge on any atom is -0.387 e. The van der Waals surface area contributed by atoms with Crippen LogP contribution in [0.1, 0.15) is 23.5 Å². The van der Waals surface area contributed by atoms with Crippen LogP contribution in [-0.2, 0) is 13.0 Å². The highest BCUT2D eigenvalue weighted by molar-refractivity contribution is 7.18. The van der Waals surface area contributed by atoms with Crippen molar-refractivity contribution in [3.05, 3.63) is 63.3 Å². The zero-order valence-corrected chi connectivity index (χ0v) is 12.8. The Bertz CT molecular complexity index is 872. The lowest BCUT2D eigenvalue weighted by Gasteiger charge is -2.12. The number of nitrogens with zero attached hydrogens (tertiary/aromatic N) is 2. The molecule has 0 aliphatic rings. The van der Waals surface area contributed by atoms with Crippen LogP contribution in [0.25, 0.3) is 10.2 Å². The summed E-state index contributed by atoms with van der Waals surface area (Å²) in [6.45, 7) is 2.07. The molecule has 3 aromatic rings. The molecule has 0 aliphatic carbocycles. The van der Waals surface area contributed by atoms with Gasteiger partial charge in [-0.25, -0.2) is 9.37 Å². The number of hydrogen-bond donors (Lipinski definition) is 1. The van der Waals surface area contributed by atoms with Crippen LogP contribution in [-0.4, -0.2) is 14.7 Å². The van der Waals surface area contributed by atoms with E-state index in [0.29, 0.717) is 15.8 Å². The van der Waals surface area contributed by atoms with Crippen LogP contribution in [0.3, 0.4) is 0 Å². The molecule has 0 amide bonds. The number of benzene rings is 1. The van der Waals surface area contributed by atoms with Gasteiger partial charge in [0.2, 0.25) is 0 Å². The first-order valence-electron chi connectivity index (χ1n) is 7.00. The fourth-order valence-corrected chi connectivity index (χ4v) is 3.25. The predicted octanol–water partition coefficient (Wildman–Crippen LogP) is 2.89. The van der Waals surface area contributed by atoms with Crippen molar-refractivity contribution >= 4 is 21.6 Å². The van der Waals surface area contributed by atoms with E-state index in [0.717, 1.165) is 11.3 Å². The van der Waals surface area contributed by atoms with E-state index in [4.69, 9.17) is 0 Å². The molecule has 1 aromatic carbocycles. The summed E-state index contributed by atoms with van der Waals surface area (Å²) in [5, 5.41) is 10.8. The molecule has 2 heterocycles. The fraction of sp³-hybridized carbons (Fsp3) is 0.250. The lowest BCUT2D eigenvalue weighted by atomic mass is 10.1. The number of aliphatic hydroxyl groups is 1. The Morgan fingerprint density at radius 3 is 2.95 bits per heavy atom. The second-order valence-corrected chi connectivity index (χ2v) is 6.17. The molecular formula is C16H15FN2O2S. The summed E-state index contributed by atoms with van der Waals surface area (Å²) >= 11 is 1.50. The van der Waals surface area contributed by atoms with Crippen molar-refractivity contribution < 1.29 is 9.50 Å². The Labute approximate surface area is 130 Å². The molecule has 0 fully saturated rings. The van der Waals surface area contributed by atoms with E-state index in [1.54, 1.807) is 6.07 Å². The van der Waals surface area contributed by atoms with Gasteiger partial charge < -0.3 is 5.11 Å². The van der Waals surface area contributed by atoms with Gasteiger partial charge in [-0.05, 0) is 30.2 Å². The van der Waals surface area contributed by atoms with Crippen molar-refractivity contribution in [3.63, 3.8) is 0 Å². The summed E-state index contributed by atoms with van der Waals surface area (Å²) in [4.78, 5) is 18.5. The molecule has 3 rings (SSSR count). The Morgan fingerprint density at radius 1 is 1.41 bits per heavy atom. The smallest absolute Gasteiger partial charge is 0.262 e. The van der Waals surface area contributed by atoms with Gasteiger partial charge in [-0.3, -0.25) is 9.36 Å². The van der Waals surface area contributed by atoms with Crippen LogP contribution in [0.4, 0.5) is 4.39 Å². The van der Waals surface area contributed by atoms with Gasteiger partial charge in [0.25, 0.3) is 5.56 Å². The molecule has 1 N–H and O–H groups in total. The first-order valence-corrected chi connectivity index (χ1v) is 7.81. The van der Waals surface area contributed by atoms with E-state index in [9.17, 15) is 14.3 Å². The predicted molar refractivity (Wildman–Crippen MR) is 84.6 cm³/mol. The summed E-state index contributed by atoms with van der Waals surface area (Å²) in [5.74, 6) is -0.414. The average Bonchev–Trinajstić information content (AvgIpc) is 2.94. The highest BCUT2D eigenvalue weighted by Crippen LogP contribution is 2.21. The number of hydrogen-bond acceptors (Lipinski definition) is 4. The Kier molecular flexibility index (Phi) is 4.04. The maximum atomic E-state index is 13.2. The molecule has 1 unspecified atom stereocenters. The fourth-order valence-electron chi connectivity index (χ4n) is 2.32. The van der Waals surface area contributed by atoms with E-state index < -0.39 is 11.9 Å². The quantitative estimate of drug-likeness (QED) is 0.805. The van der Waals surface area contributed by atoms with Gasteiger partial charge in [-0.1, -0.05) is 19.1 Å². The van der Waals surface area contributed by atoms with E-state index in [2.05, 4.69) is 4.98 Å². The molecule has 0 aliphatic heterocycles. The van der Waals surface area contributed by atoms with Crippen molar-refractivity contribution in [3.8, 4) is 0 Å². The maximum Gasteiger partial charge on any atom is 0.262 e. The van der Waals surface area contributed by atoms with Gasteiger partial charge in [-0.2, -0.15) is 0 Å². The van der Waals surface area contributed by atoms with Crippen molar-refractivity contribution in [2.45, 2.75) is 26.0 Å².